The number of hydrogen-bond donors (Lipinski definition) is 0. The first kappa shape index (κ1) is 18.0. The molecule has 0 bridgehead atoms. The molecule has 1 heterocycles. The van der Waals surface area contributed by atoms with Crippen LogP contribution < -0.4 is 4.90 Å². The highest BCUT2D eigenvalue weighted by Gasteiger charge is 2.50. The summed E-state index contributed by atoms with van der Waals surface area (Å²) in [5.74, 6) is 0.920. The molecular weight excluding hydrogens is 320 g/mol. The van der Waals surface area contributed by atoms with Gasteiger partial charge >= 0.3 is 0 Å². The molecule has 142 valence electrons. The third-order valence-electron chi connectivity index (χ3n) is 8.01. The standard InChI is InChI=1S/C23H34N2O/c1-24(2)23(20-5-3-4-6-20)13-11-22(12-14-23)15-16-25(18-22)21-9-7-19(17-26)8-10-21/h7-10,17,20H,3-6,11-16,18H2,1-2H3. The van der Waals surface area contributed by atoms with E-state index < -0.39 is 0 Å². The lowest BCUT2D eigenvalue weighted by atomic mass is 9.62. The molecule has 0 atom stereocenters. The first-order valence-corrected chi connectivity index (χ1v) is 10.5. The monoisotopic (exact) mass is 354 g/mol. The lowest BCUT2D eigenvalue weighted by molar-refractivity contribution is 0.00127. The molecule has 0 aromatic heterocycles. The van der Waals surface area contributed by atoms with Crippen LogP contribution in [0.4, 0.5) is 5.69 Å². The van der Waals surface area contributed by atoms with Crippen LogP contribution in [-0.2, 0) is 0 Å². The minimum Gasteiger partial charge on any atom is -0.371 e. The molecule has 3 nitrogen and oxygen atoms in total. The quantitative estimate of drug-likeness (QED) is 0.728. The van der Waals surface area contributed by atoms with Crippen molar-refractivity contribution in [2.75, 3.05) is 32.1 Å². The molecule has 0 amide bonds. The molecular formula is C23H34N2O. The number of aldehydes is 1. The van der Waals surface area contributed by atoms with Crippen molar-refractivity contribution in [3.63, 3.8) is 0 Å². The maximum Gasteiger partial charge on any atom is 0.150 e. The van der Waals surface area contributed by atoms with Gasteiger partial charge in [-0.3, -0.25) is 4.79 Å². The van der Waals surface area contributed by atoms with Crippen LogP contribution in [-0.4, -0.2) is 43.9 Å². The molecule has 3 heteroatoms. The van der Waals surface area contributed by atoms with E-state index in [-0.39, 0.29) is 0 Å². The van der Waals surface area contributed by atoms with Gasteiger partial charge in [0.25, 0.3) is 0 Å². The molecule has 2 aliphatic carbocycles. The molecule has 0 unspecified atom stereocenters. The zero-order valence-electron chi connectivity index (χ0n) is 16.5. The van der Waals surface area contributed by atoms with E-state index >= 15 is 0 Å². The first-order valence-electron chi connectivity index (χ1n) is 10.5. The van der Waals surface area contributed by atoms with Crippen LogP contribution in [0, 0.1) is 11.3 Å². The number of carbonyl (C=O) groups excluding carboxylic acids is 1. The predicted molar refractivity (Wildman–Crippen MR) is 108 cm³/mol. The fraction of sp³-hybridized carbons (Fsp3) is 0.696. The van der Waals surface area contributed by atoms with E-state index in [1.807, 2.05) is 12.1 Å². The van der Waals surface area contributed by atoms with Gasteiger partial charge in [0.2, 0.25) is 0 Å². The van der Waals surface area contributed by atoms with Crippen LogP contribution in [0.25, 0.3) is 0 Å². The van der Waals surface area contributed by atoms with Crippen molar-refractivity contribution >= 4 is 12.0 Å². The molecule has 0 N–H and O–H groups in total. The zero-order chi connectivity index (χ0) is 18.2. The van der Waals surface area contributed by atoms with Crippen molar-refractivity contribution in [2.45, 2.75) is 63.3 Å². The molecule has 26 heavy (non-hydrogen) atoms. The summed E-state index contributed by atoms with van der Waals surface area (Å²) in [5.41, 5.74) is 3.03. The fourth-order valence-corrected chi connectivity index (χ4v) is 6.22. The average Bonchev–Trinajstić information content (AvgIpc) is 3.34. The second-order valence-electron chi connectivity index (χ2n) is 9.36. The fourth-order valence-electron chi connectivity index (χ4n) is 6.22. The number of carbonyl (C=O) groups is 1. The first-order chi connectivity index (χ1) is 12.6. The molecule has 1 spiro atoms. The molecule has 1 saturated heterocycles. The Morgan fingerprint density at radius 2 is 1.65 bits per heavy atom. The Morgan fingerprint density at radius 1 is 1.00 bits per heavy atom. The third kappa shape index (κ3) is 3.09. The maximum atomic E-state index is 10.9. The summed E-state index contributed by atoms with van der Waals surface area (Å²) in [4.78, 5) is 16.0. The number of nitrogens with zero attached hydrogens (tertiary/aromatic N) is 2. The van der Waals surface area contributed by atoms with Crippen molar-refractivity contribution < 1.29 is 4.79 Å². The van der Waals surface area contributed by atoms with Crippen LogP contribution in [0.15, 0.2) is 24.3 Å². The second-order valence-corrected chi connectivity index (χ2v) is 9.36. The van der Waals surface area contributed by atoms with Crippen molar-refractivity contribution in [3.05, 3.63) is 29.8 Å². The van der Waals surface area contributed by atoms with Crippen LogP contribution in [0.2, 0.25) is 0 Å². The van der Waals surface area contributed by atoms with Crippen molar-refractivity contribution in [3.8, 4) is 0 Å². The van der Waals surface area contributed by atoms with Gasteiger partial charge in [-0.25, -0.2) is 0 Å². The number of benzene rings is 1. The van der Waals surface area contributed by atoms with Crippen LogP contribution in [0.1, 0.15) is 68.1 Å². The van der Waals surface area contributed by atoms with Gasteiger partial charge < -0.3 is 9.80 Å². The Morgan fingerprint density at radius 3 is 2.23 bits per heavy atom. The minimum absolute atomic E-state index is 0.459. The van der Waals surface area contributed by atoms with Gasteiger partial charge in [0.1, 0.15) is 6.29 Å². The van der Waals surface area contributed by atoms with Crippen LogP contribution in [0.5, 0.6) is 0 Å². The molecule has 3 fully saturated rings. The van der Waals surface area contributed by atoms with E-state index in [0.717, 1.165) is 17.8 Å². The Labute approximate surface area is 158 Å². The van der Waals surface area contributed by atoms with Crippen molar-refractivity contribution in [2.24, 2.45) is 11.3 Å². The average molecular weight is 355 g/mol. The molecule has 0 radical (unpaired) electrons. The van der Waals surface area contributed by atoms with E-state index in [1.165, 1.54) is 76.6 Å². The van der Waals surface area contributed by atoms with Gasteiger partial charge in [0.15, 0.2) is 0 Å². The molecule has 4 rings (SSSR count). The Balaban J connectivity index is 1.44. The van der Waals surface area contributed by atoms with Gasteiger partial charge in [-0.05, 0) is 94.6 Å². The SMILES string of the molecule is CN(C)C1(C2CCCC2)CCC2(CCN(c3ccc(C=O)cc3)C2)CC1. The van der Waals surface area contributed by atoms with E-state index in [9.17, 15) is 4.79 Å². The number of hydrogen-bond acceptors (Lipinski definition) is 3. The highest BCUT2D eigenvalue weighted by atomic mass is 16.1. The minimum atomic E-state index is 0.459. The maximum absolute atomic E-state index is 10.9. The lowest BCUT2D eigenvalue weighted by Gasteiger charge is -2.52. The Kier molecular flexibility index (Phi) is 4.85. The molecule has 2 saturated carbocycles. The highest BCUT2D eigenvalue weighted by Crippen LogP contribution is 2.53. The molecule has 1 aromatic rings. The summed E-state index contributed by atoms with van der Waals surface area (Å²) in [6.45, 7) is 2.36. The summed E-state index contributed by atoms with van der Waals surface area (Å²) in [5, 5.41) is 0. The molecule has 1 aromatic carbocycles. The summed E-state index contributed by atoms with van der Waals surface area (Å²) >= 11 is 0. The summed E-state index contributed by atoms with van der Waals surface area (Å²) in [7, 11) is 4.65. The van der Waals surface area contributed by atoms with Gasteiger partial charge in [-0.2, -0.15) is 0 Å². The third-order valence-corrected chi connectivity index (χ3v) is 8.01. The van der Waals surface area contributed by atoms with Crippen molar-refractivity contribution in [1.82, 2.24) is 4.90 Å². The zero-order valence-corrected chi connectivity index (χ0v) is 16.5. The predicted octanol–water partition coefficient (Wildman–Crippen LogP) is 4.76. The number of rotatable bonds is 4. The highest BCUT2D eigenvalue weighted by molar-refractivity contribution is 5.75. The van der Waals surface area contributed by atoms with E-state index in [0.29, 0.717) is 11.0 Å². The number of anilines is 1. The molecule has 1 aliphatic heterocycles. The van der Waals surface area contributed by atoms with Gasteiger partial charge in [0.05, 0.1) is 0 Å². The largest absolute Gasteiger partial charge is 0.371 e. The van der Waals surface area contributed by atoms with Gasteiger partial charge in [-0.15, -0.1) is 0 Å². The van der Waals surface area contributed by atoms with E-state index in [4.69, 9.17) is 0 Å². The lowest BCUT2D eigenvalue weighted by Crippen LogP contribution is -2.54. The van der Waals surface area contributed by atoms with E-state index in [1.54, 1.807) is 0 Å². The van der Waals surface area contributed by atoms with Crippen LogP contribution in [0.3, 0.4) is 0 Å². The summed E-state index contributed by atoms with van der Waals surface area (Å²) in [6.07, 6.45) is 13.5. The topological polar surface area (TPSA) is 23.6 Å². The second kappa shape index (κ2) is 6.99. The van der Waals surface area contributed by atoms with E-state index in [2.05, 4.69) is 36.0 Å². The Hall–Kier alpha value is -1.35. The van der Waals surface area contributed by atoms with Crippen LogP contribution >= 0.6 is 0 Å². The Bertz CT molecular complexity index is 622. The smallest absolute Gasteiger partial charge is 0.150 e. The molecule has 3 aliphatic rings. The van der Waals surface area contributed by atoms with Crippen molar-refractivity contribution in [1.29, 1.82) is 0 Å². The van der Waals surface area contributed by atoms with Gasteiger partial charge in [0, 0.05) is 29.9 Å². The summed E-state index contributed by atoms with van der Waals surface area (Å²) in [6, 6.07) is 8.14. The van der Waals surface area contributed by atoms with Gasteiger partial charge in [-0.1, -0.05) is 12.8 Å². The summed E-state index contributed by atoms with van der Waals surface area (Å²) < 4.78 is 0. The normalized spacial score (nSPS) is 32.7.